The smallest absolute Gasteiger partial charge is 0.00208 e. The molecule has 1 heteroatoms. The fraction of sp³-hybridized carbons (Fsp3) is 1.00. The van der Waals surface area contributed by atoms with Crippen molar-refractivity contribution in [3.05, 3.63) is 0 Å². The summed E-state index contributed by atoms with van der Waals surface area (Å²) >= 11 is 0. The van der Waals surface area contributed by atoms with Gasteiger partial charge in [0.05, 0.1) is 0 Å². The summed E-state index contributed by atoms with van der Waals surface area (Å²) in [6, 6.07) is 0. The second kappa shape index (κ2) is 6.52. The van der Waals surface area contributed by atoms with Crippen molar-refractivity contribution in [2.24, 2.45) is 23.7 Å². The first-order chi connectivity index (χ1) is 7.22. The van der Waals surface area contributed by atoms with Crippen molar-refractivity contribution in [3.63, 3.8) is 0 Å². The summed E-state index contributed by atoms with van der Waals surface area (Å²) in [7, 11) is 2.10. The Bertz CT molecular complexity index is 163. The minimum atomic E-state index is 0.941. The Morgan fingerprint density at radius 1 is 1.20 bits per heavy atom. The molecule has 0 amide bonds. The Morgan fingerprint density at radius 3 is 2.40 bits per heavy atom. The second-order valence-electron chi connectivity index (χ2n) is 5.48. The van der Waals surface area contributed by atoms with Crippen LogP contribution in [0.4, 0.5) is 0 Å². The minimum absolute atomic E-state index is 0.941. The highest BCUT2D eigenvalue weighted by Crippen LogP contribution is 2.40. The summed E-state index contributed by atoms with van der Waals surface area (Å²) in [5, 5.41) is 3.39. The Labute approximate surface area is 96.0 Å². The van der Waals surface area contributed by atoms with Gasteiger partial charge in [-0.25, -0.2) is 0 Å². The second-order valence-corrected chi connectivity index (χ2v) is 5.48. The molecule has 1 nitrogen and oxygen atoms in total. The maximum absolute atomic E-state index is 3.39. The van der Waals surface area contributed by atoms with Gasteiger partial charge in [0, 0.05) is 0 Å². The molecule has 0 spiro atoms. The molecule has 3 unspecified atom stereocenters. The number of hydrogen-bond donors (Lipinski definition) is 1. The van der Waals surface area contributed by atoms with Crippen molar-refractivity contribution in [2.75, 3.05) is 13.6 Å². The maximum atomic E-state index is 3.39. The van der Waals surface area contributed by atoms with Crippen LogP contribution in [0.2, 0.25) is 0 Å². The third kappa shape index (κ3) is 3.48. The first-order valence-electron chi connectivity index (χ1n) is 6.87. The summed E-state index contributed by atoms with van der Waals surface area (Å²) < 4.78 is 0. The summed E-state index contributed by atoms with van der Waals surface area (Å²) in [6.45, 7) is 8.40. The Balaban J connectivity index is 2.59. The van der Waals surface area contributed by atoms with Crippen LogP contribution in [0, 0.1) is 23.7 Å². The van der Waals surface area contributed by atoms with Crippen LogP contribution in [0.3, 0.4) is 0 Å². The molecule has 0 bridgehead atoms. The zero-order chi connectivity index (χ0) is 11.3. The molecule has 0 radical (unpaired) electrons. The maximum Gasteiger partial charge on any atom is -0.00208 e. The van der Waals surface area contributed by atoms with Crippen LogP contribution in [0.15, 0.2) is 0 Å². The van der Waals surface area contributed by atoms with Gasteiger partial charge in [-0.15, -0.1) is 0 Å². The van der Waals surface area contributed by atoms with E-state index in [9.17, 15) is 0 Å². The molecule has 1 aliphatic rings. The molecular weight excluding hydrogens is 182 g/mol. The molecular formula is C14H29N. The van der Waals surface area contributed by atoms with E-state index in [1.165, 1.54) is 38.6 Å². The molecule has 1 aliphatic carbocycles. The van der Waals surface area contributed by atoms with Crippen molar-refractivity contribution in [1.82, 2.24) is 5.32 Å². The van der Waals surface area contributed by atoms with E-state index in [4.69, 9.17) is 0 Å². The first-order valence-corrected chi connectivity index (χ1v) is 6.87. The quantitative estimate of drug-likeness (QED) is 0.731. The molecule has 0 saturated heterocycles. The first kappa shape index (κ1) is 13.0. The van der Waals surface area contributed by atoms with Gasteiger partial charge in [-0.2, -0.15) is 0 Å². The lowest BCUT2D eigenvalue weighted by Gasteiger charge is -2.39. The van der Waals surface area contributed by atoms with Crippen molar-refractivity contribution in [2.45, 2.75) is 52.9 Å². The van der Waals surface area contributed by atoms with Crippen LogP contribution in [-0.2, 0) is 0 Å². The predicted octanol–water partition coefficient (Wildman–Crippen LogP) is 3.69. The van der Waals surface area contributed by atoms with E-state index >= 15 is 0 Å². The van der Waals surface area contributed by atoms with Crippen molar-refractivity contribution >= 4 is 0 Å². The topological polar surface area (TPSA) is 12.0 Å². The van der Waals surface area contributed by atoms with E-state index < -0.39 is 0 Å². The van der Waals surface area contributed by atoms with E-state index in [1.807, 2.05) is 0 Å². The molecule has 0 aromatic heterocycles. The molecule has 1 rings (SSSR count). The van der Waals surface area contributed by atoms with Crippen LogP contribution >= 0.6 is 0 Å². The SMILES string of the molecule is CCC(CC)C1CC(C)CCC1CNC. The molecule has 3 atom stereocenters. The van der Waals surface area contributed by atoms with E-state index in [-0.39, 0.29) is 0 Å². The van der Waals surface area contributed by atoms with Gasteiger partial charge in [-0.1, -0.05) is 40.0 Å². The zero-order valence-electron chi connectivity index (χ0n) is 11.1. The van der Waals surface area contributed by atoms with E-state index in [0.717, 1.165) is 23.7 Å². The third-order valence-corrected chi connectivity index (χ3v) is 4.43. The molecule has 15 heavy (non-hydrogen) atoms. The highest BCUT2D eigenvalue weighted by atomic mass is 14.8. The average Bonchev–Trinajstić information content (AvgIpc) is 2.24. The van der Waals surface area contributed by atoms with Crippen molar-refractivity contribution in [3.8, 4) is 0 Å². The molecule has 0 heterocycles. The predicted molar refractivity (Wildman–Crippen MR) is 68.0 cm³/mol. The Hall–Kier alpha value is -0.0400. The summed E-state index contributed by atoms with van der Waals surface area (Å²) in [5.41, 5.74) is 0. The Kier molecular flexibility index (Phi) is 5.66. The fourth-order valence-corrected chi connectivity index (χ4v) is 3.47. The van der Waals surface area contributed by atoms with Crippen LogP contribution in [0.25, 0.3) is 0 Å². The number of nitrogens with one attached hydrogen (secondary N) is 1. The minimum Gasteiger partial charge on any atom is -0.319 e. The number of rotatable bonds is 5. The normalized spacial score (nSPS) is 32.2. The van der Waals surface area contributed by atoms with E-state index in [0.29, 0.717) is 0 Å². The molecule has 1 N–H and O–H groups in total. The summed E-state index contributed by atoms with van der Waals surface area (Å²) in [6.07, 6.45) is 7.10. The standard InChI is InChI=1S/C14H29N/c1-5-12(6-2)14-9-11(3)7-8-13(14)10-15-4/h11-15H,5-10H2,1-4H3. The van der Waals surface area contributed by atoms with E-state index in [2.05, 4.69) is 33.1 Å². The molecule has 0 aromatic rings. The molecule has 0 aliphatic heterocycles. The van der Waals surface area contributed by atoms with Gasteiger partial charge in [-0.05, 0) is 50.1 Å². The third-order valence-electron chi connectivity index (χ3n) is 4.43. The Morgan fingerprint density at radius 2 is 1.87 bits per heavy atom. The van der Waals surface area contributed by atoms with Gasteiger partial charge in [0.15, 0.2) is 0 Å². The molecule has 90 valence electrons. The lowest BCUT2D eigenvalue weighted by Crippen LogP contribution is -2.35. The lowest BCUT2D eigenvalue weighted by atomic mass is 9.67. The van der Waals surface area contributed by atoms with Crippen molar-refractivity contribution in [1.29, 1.82) is 0 Å². The monoisotopic (exact) mass is 211 g/mol. The van der Waals surface area contributed by atoms with Crippen LogP contribution in [0.5, 0.6) is 0 Å². The zero-order valence-corrected chi connectivity index (χ0v) is 11.1. The molecule has 1 fully saturated rings. The highest BCUT2D eigenvalue weighted by molar-refractivity contribution is 4.83. The van der Waals surface area contributed by atoms with Gasteiger partial charge in [-0.3, -0.25) is 0 Å². The summed E-state index contributed by atoms with van der Waals surface area (Å²) in [4.78, 5) is 0. The molecule has 0 aromatic carbocycles. The van der Waals surface area contributed by atoms with Gasteiger partial charge in [0.25, 0.3) is 0 Å². The van der Waals surface area contributed by atoms with Crippen molar-refractivity contribution < 1.29 is 0 Å². The van der Waals surface area contributed by atoms with Crippen LogP contribution in [0.1, 0.15) is 52.9 Å². The number of hydrogen-bond acceptors (Lipinski definition) is 1. The lowest BCUT2D eigenvalue weighted by molar-refractivity contribution is 0.120. The van der Waals surface area contributed by atoms with Gasteiger partial charge < -0.3 is 5.32 Å². The molecule has 1 saturated carbocycles. The van der Waals surface area contributed by atoms with Gasteiger partial charge in [0.1, 0.15) is 0 Å². The van der Waals surface area contributed by atoms with Gasteiger partial charge in [0.2, 0.25) is 0 Å². The highest BCUT2D eigenvalue weighted by Gasteiger charge is 2.32. The fourth-order valence-electron chi connectivity index (χ4n) is 3.47. The van der Waals surface area contributed by atoms with Crippen LogP contribution < -0.4 is 5.32 Å². The summed E-state index contributed by atoms with van der Waals surface area (Å²) in [5.74, 6) is 3.85. The van der Waals surface area contributed by atoms with Crippen LogP contribution in [-0.4, -0.2) is 13.6 Å². The largest absolute Gasteiger partial charge is 0.319 e. The average molecular weight is 211 g/mol. The van der Waals surface area contributed by atoms with Gasteiger partial charge >= 0.3 is 0 Å². The van der Waals surface area contributed by atoms with E-state index in [1.54, 1.807) is 0 Å².